The van der Waals surface area contributed by atoms with E-state index in [0.29, 0.717) is 12.2 Å². The van der Waals surface area contributed by atoms with Crippen LogP contribution in [0.2, 0.25) is 0 Å². The molecule has 5 unspecified atom stereocenters. The first-order valence-corrected chi connectivity index (χ1v) is 7.33. The number of carbonyl (C=O) groups is 1. The highest BCUT2D eigenvalue weighted by Gasteiger charge is 2.63. The average molecular weight is 257 g/mol. The summed E-state index contributed by atoms with van der Waals surface area (Å²) in [5.74, 6) is 0.146. The van der Waals surface area contributed by atoms with Crippen LogP contribution in [-0.2, 0) is 19.6 Å². The Kier molecular flexibility index (Phi) is 2.19. The second-order valence-electron chi connectivity index (χ2n) is 5.12. The number of hydrogen-bond donors (Lipinski definition) is 1. The number of allylic oxidation sites excluding steroid dienone is 1. The van der Waals surface area contributed by atoms with Gasteiger partial charge in [0, 0.05) is 5.92 Å². The third-order valence-electron chi connectivity index (χ3n) is 4.50. The Hall–Kier alpha value is -0.880. The van der Waals surface area contributed by atoms with E-state index in [1.165, 1.54) is 7.05 Å². The molecule has 1 N–H and O–H groups in total. The molecule has 6 heteroatoms. The molecule has 0 aromatic heterocycles. The summed E-state index contributed by atoms with van der Waals surface area (Å²) in [5, 5.41) is -0.447. The highest BCUT2D eigenvalue weighted by atomic mass is 32.2. The van der Waals surface area contributed by atoms with Gasteiger partial charge in [0.2, 0.25) is 10.0 Å². The van der Waals surface area contributed by atoms with Gasteiger partial charge in [-0.05, 0) is 31.7 Å². The van der Waals surface area contributed by atoms with Crippen molar-refractivity contribution in [1.29, 1.82) is 0 Å². The number of fused-ring (bicyclic) bond motifs is 5. The first-order valence-electron chi connectivity index (χ1n) is 5.78. The second kappa shape index (κ2) is 3.32. The number of esters is 1. The number of nitrogens with one attached hydrogen (secondary N) is 1. The van der Waals surface area contributed by atoms with Gasteiger partial charge in [0.05, 0.1) is 11.2 Å². The average Bonchev–Trinajstić information content (AvgIpc) is 2.91. The molecule has 0 aromatic carbocycles. The summed E-state index contributed by atoms with van der Waals surface area (Å²) < 4.78 is 31.2. The summed E-state index contributed by atoms with van der Waals surface area (Å²) in [6, 6.07) is 0. The first kappa shape index (κ1) is 11.2. The van der Waals surface area contributed by atoms with Crippen LogP contribution in [0.4, 0.5) is 0 Å². The van der Waals surface area contributed by atoms with Crippen molar-refractivity contribution >= 4 is 16.0 Å². The van der Waals surface area contributed by atoms with E-state index in [2.05, 4.69) is 11.3 Å². The van der Waals surface area contributed by atoms with Gasteiger partial charge in [0.15, 0.2) is 0 Å². The van der Waals surface area contributed by atoms with Gasteiger partial charge in [-0.3, -0.25) is 4.79 Å². The van der Waals surface area contributed by atoms with E-state index in [1.54, 1.807) is 0 Å². The molecule has 94 valence electrons. The van der Waals surface area contributed by atoms with Gasteiger partial charge in [-0.15, -0.1) is 0 Å². The molecule has 3 fully saturated rings. The van der Waals surface area contributed by atoms with E-state index in [-0.39, 0.29) is 29.6 Å². The first-order chi connectivity index (χ1) is 7.95. The number of ether oxygens (including phenoxy) is 1. The lowest BCUT2D eigenvalue weighted by atomic mass is 9.80. The Labute approximate surface area is 100 Å². The van der Waals surface area contributed by atoms with Crippen molar-refractivity contribution in [2.75, 3.05) is 7.05 Å². The Balaban J connectivity index is 1.95. The highest BCUT2D eigenvalue weighted by molar-refractivity contribution is 7.90. The number of cyclic esters (lactones) is 1. The number of rotatable bonds is 2. The molecule has 3 aliphatic rings. The van der Waals surface area contributed by atoms with Crippen LogP contribution >= 0.6 is 0 Å². The van der Waals surface area contributed by atoms with E-state index in [9.17, 15) is 13.2 Å². The van der Waals surface area contributed by atoms with Crippen molar-refractivity contribution in [3.05, 3.63) is 12.3 Å². The van der Waals surface area contributed by atoms with E-state index in [0.717, 1.165) is 6.42 Å². The summed E-state index contributed by atoms with van der Waals surface area (Å²) in [6.07, 6.45) is 1.42. The van der Waals surface area contributed by atoms with Gasteiger partial charge in [0.1, 0.15) is 5.76 Å². The zero-order valence-electron chi connectivity index (χ0n) is 9.55. The number of hydrogen-bond acceptors (Lipinski definition) is 4. The molecule has 17 heavy (non-hydrogen) atoms. The molecule has 2 saturated carbocycles. The van der Waals surface area contributed by atoms with E-state index < -0.39 is 15.3 Å². The molecule has 0 amide bonds. The third kappa shape index (κ3) is 1.34. The molecule has 2 aliphatic carbocycles. The molecule has 0 aromatic rings. The van der Waals surface area contributed by atoms with E-state index in [1.807, 2.05) is 0 Å². The van der Waals surface area contributed by atoms with Gasteiger partial charge in [-0.25, -0.2) is 13.1 Å². The molecule has 1 heterocycles. The summed E-state index contributed by atoms with van der Waals surface area (Å²) in [5.41, 5.74) is 0. The molecule has 1 saturated heterocycles. The number of carbonyl (C=O) groups excluding carboxylic acids is 1. The van der Waals surface area contributed by atoms with Crippen molar-refractivity contribution in [2.24, 2.45) is 23.7 Å². The fraction of sp³-hybridized carbons (Fsp3) is 0.727. The van der Waals surface area contributed by atoms with Crippen molar-refractivity contribution in [2.45, 2.75) is 18.1 Å². The Bertz CT molecular complexity index is 498. The van der Waals surface area contributed by atoms with Gasteiger partial charge in [-0.1, -0.05) is 6.58 Å². The molecule has 5 atom stereocenters. The van der Waals surface area contributed by atoms with Gasteiger partial charge >= 0.3 is 5.97 Å². The Morgan fingerprint density at radius 1 is 1.35 bits per heavy atom. The molecule has 0 spiro atoms. The smallest absolute Gasteiger partial charge is 0.315 e. The van der Waals surface area contributed by atoms with E-state index >= 15 is 0 Å². The van der Waals surface area contributed by atoms with Crippen LogP contribution in [0.3, 0.4) is 0 Å². The minimum absolute atomic E-state index is 0.0517. The van der Waals surface area contributed by atoms with Crippen LogP contribution in [0, 0.1) is 23.7 Å². The Morgan fingerprint density at radius 3 is 2.71 bits per heavy atom. The quantitative estimate of drug-likeness (QED) is 0.720. The lowest BCUT2D eigenvalue weighted by molar-refractivity contribution is -0.140. The highest BCUT2D eigenvalue weighted by Crippen LogP contribution is 2.59. The van der Waals surface area contributed by atoms with Crippen molar-refractivity contribution < 1.29 is 17.9 Å². The zero-order valence-corrected chi connectivity index (χ0v) is 10.4. The summed E-state index contributed by atoms with van der Waals surface area (Å²) in [7, 11) is -1.87. The van der Waals surface area contributed by atoms with Gasteiger partial charge < -0.3 is 4.74 Å². The van der Waals surface area contributed by atoms with Crippen molar-refractivity contribution in [1.82, 2.24) is 4.72 Å². The van der Waals surface area contributed by atoms with Crippen LogP contribution in [-0.4, -0.2) is 26.7 Å². The van der Waals surface area contributed by atoms with Crippen molar-refractivity contribution in [3.8, 4) is 0 Å². The molecule has 3 rings (SSSR count). The third-order valence-corrected chi connectivity index (χ3v) is 6.41. The maximum absolute atomic E-state index is 11.9. The zero-order chi connectivity index (χ0) is 12.4. The van der Waals surface area contributed by atoms with Gasteiger partial charge in [-0.2, -0.15) is 0 Å². The SMILES string of the molecule is C=C1OC(=O)C2C3CC(CC3S(=O)(=O)NC)C12. The molecule has 0 radical (unpaired) electrons. The summed E-state index contributed by atoms with van der Waals surface area (Å²) in [4.78, 5) is 11.7. The van der Waals surface area contributed by atoms with Crippen LogP contribution in [0.5, 0.6) is 0 Å². The Morgan fingerprint density at radius 2 is 2.06 bits per heavy atom. The van der Waals surface area contributed by atoms with Crippen LogP contribution < -0.4 is 4.72 Å². The topological polar surface area (TPSA) is 72.5 Å². The monoisotopic (exact) mass is 257 g/mol. The molecule has 2 bridgehead atoms. The predicted octanol–water partition coefficient (Wildman–Crippen LogP) is 0.247. The predicted molar refractivity (Wildman–Crippen MR) is 60.2 cm³/mol. The minimum atomic E-state index is -3.30. The van der Waals surface area contributed by atoms with Crippen molar-refractivity contribution in [3.63, 3.8) is 0 Å². The maximum Gasteiger partial charge on any atom is 0.315 e. The van der Waals surface area contributed by atoms with Crippen LogP contribution in [0.25, 0.3) is 0 Å². The molecule has 5 nitrogen and oxygen atoms in total. The molecular weight excluding hydrogens is 242 g/mol. The summed E-state index contributed by atoms with van der Waals surface area (Å²) >= 11 is 0. The minimum Gasteiger partial charge on any atom is -0.431 e. The fourth-order valence-corrected chi connectivity index (χ4v) is 5.40. The van der Waals surface area contributed by atoms with Gasteiger partial charge in [0.25, 0.3) is 0 Å². The largest absolute Gasteiger partial charge is 0.431 e. The maximum atomic E-state index is 11.9. The lowest BCUT2D eigenvalue weighted by Gasteiger charge is -2.27. The fourth-order valence-electron chi connectivity index (χ4n) is 3.86. The second-order valence-corrected chi connectivity index (χ2v) is 7.23. The van der Waals surface area contributed by atoms with Crippen LogP contribution in [0.1, 0.15) is 12.8 Å². The summed E-state index contributed by atoms with van der Waals surface area (Å²) in [6.45, 7) is 3.77. The van der Waals surface area contributed by atoms with Crippen LogP contribution in [0.15, 0.2) is 12.3 Å². The van der Waals surface area contributed by atoms with E-state index in [4.69, 9.17) is 4.74 Å². The standard InChI is InChI=1S/C11H15NO4S/c1-5-9-6-3-7(10(9)11(13)16-5)8(4-6)17(14,15)12-2/h6-10,12H,1,3-4H2,2H3. The molecular formula is C11H15NO4S. The lowest BCUT2D eigenvalue weighted by Crippen LogP contribution is -2.41. The molecule has 1 aliphatic heterocycles. The normalized spacial score (nSPS) is 43.9. The number of sulfonamides is 1.